The minimum atomic E-state index is 0.158. The van der Waals surface area contributed by atoms with Gasteiger partial charge in [0.1, 0.15) is 11.6 Å². The average molecular weight is 374 g/mol. The van der Waals surface area contributed by atoms with Gasteiger partial charge >= 0.3 is 0 Å². The third kappa shape index (κ3) is 4.96. The van der Waals surface area contributed by atoms with E-state index >= 15 is 0 Å². The molecule has 3 rings (SSSR count). The van der Waals surface area contributed by atoms with Crippen LogP contribution >= 0.6 is 0 Å². The molecule has 3 aromatic rings. The Bertz CT molecular complexity index is 998. The Morgan fingerprint density at radius 2 is 1.93 bits per heavy atom. The number of nitrogens with one attached hydrogen (secondary N) is 1. The average Bonchev–Trinajstić information content (AvgIpc) is 2.68. The maximum atomic E-state index is 5.88. The van der Waals surface area contributed by atoms with E-state index in [1.54, 1.807) is 7.11 Å². The summed E-state index contributed by atoms with van der Waals surface area (Å²) < 4.78 is 5.34. The third-order valence-electron chi connectivity index (χ3n) is 4.01. The van der Waals surface area contributed by atoms with Gasteiger partial charge < -0.3 is 15.8 Å². The number of nitrogen functional groups attached to an aromatic ring is 1. The molecule has 0 spiro atoms. The minimum Gasteiger partial charge on any atom is -0.495 e. The maximum absolute atomic E-state index is 5.88. The molecule has 0 aliphatic heterocycles. The predicted molar refractivity (Wildman–Crippen MR) is 110 cm³/mol. The Kier molecular flexibility index (Phi) is 6.04. The van der Waals surface area contributed by atoms with Crippen LogP contribution in [0.15, 0.2) is 48.5 Å². The molecule has 7 nitrogen and oxygen atoms in total. The molecule has 3 N–H and O–H groups in total. The number of nitrogens with zero attached hydrogens (tertiary/aromatic N) is 4. The van der Waals surface area contributed by atoms with E-state index in [0.717, 1.165) is 16.8 Å². The van der Waals surface area contributed by atoms with E-state index < -0.39 is 0 Å². The SMILES string of the molecule is C#Cc1cccc(CN(C)Cc2nc(N)nc(Nc3ccccc3OC)n2)c1. The van der Waals surface area contributed by atoms with Gasteiger partial charge in [0.05, 0.1) is 19.3 Å². The first kappa shape index (κ1) is 19.1. The van der Waals surface area contributed by atoms with Gasteiger partial charge in [-0.05, 0) is 36.9 Å². The highest BCUT2D eigenvalue weighted by Gasteiger charge is 2.10. The zero-order valence-corrected chi connectivity index (χ0v) is 15.9. The molecule has 0 unspecified atom stereocenters. The van der Waals surface area contributed by atoms with Gasteiger partial charge in [-0.3, -0.25) is 4.90 Å². The number of hydrogen-bond donors (Lipinski definition) is 2. The van der Waals surface area contributed by atoms with Crippen LogP contribution in [0.2, 0.25) is 0 Å². The van der Waals surface area contributed by atoms with Gasteiger partial charge in [-0.2, -0.15) is 15.0 Å². The van der Waals surface area contributed by atoms with Gasteiger partial charge in [0.25, 0.3) is 0 Å². The largest absolute Gasteiger partial charge is 0.495 e. The van der Waals surface area contributed by atoms with E-state index in [4.69, 9.17) is 16.9 Å². The highest BCUT2D eigenvalue weighted by atomic mass is 16.5. The number of aromatic nitrogens is 3. The number of benzene rings is 2. The number of methoxy groups -OCH3 is 1. The molecule has 1 heterocycles. The van der Waals surface area contributed by atoms with Crippen molar-refractivity contribution in [1.82, 2.24) is 19.9 Å². The highest BCUT2D eigenvalue weighted by Crippen LogP contribution is 2.25. The van der Waals surface area contributed by atoms with E-state index in [-0.39, 0.29) is 5.95 Å². The lowest BCUT2D eigenvalue weighted by Gasteiger charge is -2.17. The van der Waals surface area contributed by atoms with Crippen LogP contribution < -0.4 is 15.8 Å². The number of rotatable bonds is 7. The van der Waals surface area contributed by atoms with Crippen molar-refractivity contribution in [3.05, 3.63) is 65.5 Å². The van der Waals surface area contributed by atoms with E-state index in [1.807, 2.05) is 55.6 Å². The molecule has 0 aliphatic rings. The normalized spacial score (nSPS) is 10.5. The van der Waals surface area contributed by atoms with Gasteiger partial charge in [0.2, 0.25) is 11.9 Å². The Hall–Kier alpha value is -3.63. The molecule has 0 aliphatic carbocycles. The van der Waals surface area contributed by atoms with Crippen molar-refractivity contribution in [2.24, 2.45) is 0 Å². The van der Waals surface area contributed by atoms with Gasteiger partial charge in [0.15, 0.2) is 0 Å². The Morgan fingerprint density at radius 3 is 2.71 bits per heavy atom. The van der Waals surface area contributed by atoms with Gasteiger partial charge in [0, 0.05) is 12.1 Å². The van der Waals surface area contributed by atoms with Crippen LogP contribution in [-0.2, 0) is 13.1 Å². The summed E-state index contributed by atoms with van der Waals surface area (Å²) in [6.45, 7) is 1.21. The van der Waals surface area contributed by atoms with Crippen LogP contribution in [0, 0.1) is 12.3 Å². The summed E-state index contributed by atoms with van der Waals surface area (Å²) in [6.07, 6.45) is 5.47. The fraction of sp³-hybridized carbons (Fsp3) is 0.190. The molecule has 28 heavy (non-hydrogen) atoms. The monoisotopic (exact) mass is 374 g/mol. The fourth-order valence-corrected chi connectivity index (χ4v) is 2.80. The van der Waals surface area contributed by atoms with Gasteiger partial charge in [-0.25, -0.2) is 0 Å². The van der Waals surface area contributed by atoms with Gasteiger partial charge in [-0.15, -0.1) is 6.42 Å². The van der Waals surface area contributed by atoms with Crippen molar-refractivity contribution in [3.63, 3.8) is 0 Å². The number of terminal acetylenes is 1. The van der Waals surface area contributed by atoms with E-state index in [2.05, 4.69) is 31.1 Å². The van der Waals surface area contributed by atoms with Crippen molar-refractivity contribution in [2.75, 3.05) is 25.2 Å². The van der Waals surface area contributed by atoms with Crippen molar-refractivity contribution < 1.29 is 4.74 Å². The van der Waals surface area contributed by atoms with Crippen LogP contribution in [0.1, 0.15) is 17.0 Å². The molecule has 1 aromatic heterocycles. The molecule has 0 bridgehead atoms. The smallest absolute Gasteiger partial charge is 0.232 e. The number of ether oxygens (including phenoxy) is 1. The molecule has 0 atom stereocenters. The Balaban J connectivity index is 1.73. The molecule has 0 saturated heterocycles. The van der Waals surface area contributed by atoms with Gasteiger partial charge in [-0.1, -0.05) is 30.2 Å². The number of nitrogens with two attached hydrogens (primary N) is 1. The van der Waals surface area contributed by atoms with Crippen molar-refractivity contribution in [1.29, 1.82) is 0 Å². The summed E-state index contributed by atoms with van der Waals surface area (Å²) in [7, 11) is 3.59. The quantitative estimate of drug-likeness (QED) is 0.615. The fourth-order valence-electron chi connectivity index (χ4n) is 2.80. The zero-order valence-electron chi connectivity index (χ0n) is 15.9. The lowest BCUT2D eigenvalue weighted by Crippen LogP contribution is -2.20. The van der Waals surface area contributed by atoms with E-state index in [9.17, 15) is 0 Å². The Labute approximate surface area is 164 Å². The summed E-state index contributed by atoms with van der Waals surface area (Å²) in [5.74, 6) is 4.44. The first-order valence-electron chi connectivity index (χ1n) is 8.72. The molecular weight excluding hydrogens is 352 g/mol. The number of hydrogen-bond acceptors (Lipinski definition) is 7. The molecular formula is C21H22N6O. The zero-order chi connectivity index (χ0) is 19.9. The standard InChI is InChI=1S/C21H22N6O/c1-4-15-8-7-9-16(12-15)13-27(2)14-19-24-20(22)26-21(25-19)23-17-10-5-6-11-18(17)28-3/h1,5-12H,13-14H2,2-3H3,(H3,22,23,24,25,26). The van der Waals surface area contributed by atoms with Crippen LogP contribution in [-0.4, -0.2) is 34.0 Å². The lowest BCUT2D eigenvalue weighted by molar-refractivity contribution is 0.310. The summed E-state index contributed by atoms with van der Waals surface area (Å²) in [6, 6.07) is 15.4. The van der Waals surface area contributed by atoms with Crippen LogP contribution in [0.5, 0.6) is 5.75 Å². The summed E-state index contributed by atoms with van der Waals surface area (Å²) in [5.41, 5.74) is 8.60. The summed E-state index contributed by atoms with van der Waals surface area (Å²) in [4.78, 5) is 15.0. The summed E-state index contributed by atoms with van der Waals surface area (Å²) >= 11 is 0. The molecule has 0 saturated carbocycles. The Morgan fingerprint density at radius 1 is 1.11 bits per heavy atom. The minimum absolute atomic E-state index is 0.158. The van der Waals surface area contributed by atoms with Crippen molar-refractivity contribution in [2.45, 2.75) is 13.1 Å². The van der Waals surface area contributed by atoms with Crippen LogP contribution in [0.4, 0.5) is 17.6 Å². The second-order valence-electron chi connectivity index (χ2n) is 6.28. The van der Waals surface area contributed by atoms with Crippen LogP contribution in [0.3, 0.4) is 0 Å². The highest BCUT2D eigenvalue weighted by molar-refractivity contribution is 5.62. The molecule has 0 radical (unpaired) electrons. The second kappa shape index (κ2) is 8.84. The third-order valence-corrected chi connectivity index (χ3v) is 4.01. The predicted octanol–water partition coefficient (Wildman–Crippen LogP) is 2.82. The van der Waals surface area contributed by atoms with Crippen molar-refractivity contribution >= 4 is 17.6 Å². The topological polar surface area (TPSA) is 89.2 Å². The van der Waals surface area contributed by atoms with Crippen molar-refractivity contribution in [3.8, 4) is 18.1 Å². The molecule has 0 amide bonds. The lowest BCUT2D eigenvalue weighted by atomic mass is 10.1. The first-order valence-corrected chi connectivity index (χ1v) is 8.72. The van der Waals surface area contributed by atoms with Crippen LogP contribution in [0.25, 0.3) is 0 Å². The number of anilines is 3. The van der Waals surface area contributed by atoms with E-state index in [0.29, 0.717) is 30.6 Å². The van der Waals surface area contributed by atoms with E-state index in [1.165, 1.54) is 0 Å². The molecule has 0 fully saturated rings. The molecule has 142 valence electrons. The molecule has 2 aromatic carbocycles. The maximum Gasteiger partial charge on any atom is 0.232 e. The first-order chi connectivity index (χ1) is 13.6. The second-order valence-corrected chi connectivity index (χ2v) is 6.28. The summed E-state index contributed by atoms with van der Waals surface area (Å²) in [5, 5.41) is 3.13. The molecule has 7 heteroatoms. The number of para-hydroxylation sites is 2.